The second-order valence-corrected chi connectivity index (χ2v) is 5.32. The van der Waals surface area contributed by atoms with E-state index >= 15 is 0 Å². The molecule has 0 saturated heterocycles. The second-order valence-electron chi connectivity index (χ2n) is 5.32. The lowest BCUT2D eigenvalue weighted by Crippen LogP contribution is -2.37. The van der Waals surface area contributed by atoms with E-state index in [1.54, 1.807) is 11.0 Å². The van der Waals surface area contributed by atoms with E-state index in [4.69, 9.17) is 0 Å². The predicted octanol–water partition coefficient (Wildman–Crippen LogP) is 4.20. The van der Waals surface area contributed by atoms with Crippen molar-refractivity contribution in [3.63, 3.8) is 0 Å². The highest BCUT2D eigenvalue weighted by Crippen LogP contribution is 2.18. The van der Waals surface area contributed by atoms with Crippen molar-refractivity contribution in [2.75, 3.05) is 4.90 Å². The molecule has 0 aliphatic carbocycles. The Morgan fingerprint density at radius 3 is 2.43 bits per heavy atom. The molecule has 0 bridgehead atoms. The smallest absolute Gasteiger partial charge is 0.227 e. The van der Waals surface area contributed by atoms with E-state index in [2.05, 4.69) is 0 Å². The van der Waals surface area contributed by atoms with Crippen molar-refractivity contribution >= 4 is 11.6 Å². The van der Waals surface area contributed by atoms with Gasteiger partial charge in [0.1, 0.15) is 5.82 Å². The molecule has 0 aliphatic heterocycles. The lowest BCUT2D eigenvalue weighted by atomic mass is 10.1. The van der Waals surface area contributed by atoms with Crippen LogP contribution in [0.25, 0.3) is 0 Å². The maximum absolute atomic E-state index is 13.1. The molecule has 2 nitrogen and oxygen atoms in total. The molecule has 0 unspecified atom stereocenters. The summed E-state index contributed by atoms with van der Waals surface area (Å²) in [4.78, 5) is 14.3. The lowest BCUT2D eigenvalue weighted by Gasteiger charge is -2.27. The number of amides is 1. The number of benzene rings is 2. The number of carbonyl (C=O) groups is 1. The van der Waals surface area contributed by atoms with Gasteiger partial charge < -0.3 is 4.90 Å². The van der Waals surface area contributed by atoms with Crippen LogP contribution in [0.5, 0.6) is 0 Å². The summed E-state index contributed by atoms with van der Waals surface area (Å²) in [5.74, 6) is -0.204. The molecule has 0 atom stereocenters. The number of rotatable bonds is 5. The Morgan fingerprint density at radius 2 is 1.81 bits per heavy atom. The van der Waals surface area contributed by atoms with E-state index in [1.165, 1.54) is 12.1 Å². The molecule has 0 aliphatic rings. The molecule has 3 heteroatoms. The van der Waals surface area contributed by atoms with E-state index in [9.17, 15) is 9.18 Å². The number of hydrogen-bond donors (Lipinski definition) is 0. The molecule has 110 valence electrons. The fourth-order valence-electron chi connectivity index (χ4n) is 2.38. The monoisotopic (exact) mass is 285 g/mol. The Morgan fingerprint density at radius 1 is 1.10 bits per heavy atom. The van der Waals surface area contributed by atoms with Crippen LogP contribution in [0.4, 0.5) is 10.1 Å². The predicted molar refractivity (Wildman–Crippen MR) is 83.8 cm³/mol. The fourth-order valence-corrected chi connectivity index (χ4v) is 2.38. The molecule has 0 saturated carbocycles. The Balaban J connectivity index is 2.06. The van der Waals surface area contributed by atoms with Gasteiger partial charge in [-0.25, -0.2) is 4.39 Å². The van der Waals surface area contributed by atoms with Crippen LogP contribution in [0.3, 0.4) is 0 Å². The van der Waals surface area contributed by atoms with Gasteiger partial charge in [-0.2, -0.15) is 0 Å². The Labute approximate surface area is 125 Å². The minimum absolute atomic E-state index is 0.0560. The first kappa shape index (κ1) is 15.2. The first-order valence-corrected chi connectivity index (χ1v) is 7.19. The molecular weight excluding hydrogens is 265 g/mol. The minimum Gasteiger partial charge on any atom is -0.310 e. The van der Waals surface area contributed by atoms with Crippen molar-refractivity contribution in [2.45, 2.75) is 32.7 Å². The maximum atomic E-state index is 13.1. The number of nitrogens with zero attached hydrogens (tertiary/aromatic N) is 1. The van der Waals surface area contributed by atoms with Gasteiger partial charge in [0.15, 0.2) is 0 Å². The fraction of sp³-hybridized carbons (Fsp3) is 0.278. The van der Waals surface area contributed by atoms with Crippen molar-refractivity contribution in [3.8, 4) is 0 Å². The van der Waals surface area contributed by atoms with Gasteiger partial charge in [0, 0.05) is 18.2 Å². The van der Waals surface area contributed by atoms with Crippen molar-refractivity contribution in [1.29, 1.82) is 0 Å². The van der Waals surface area contributed by atoms with Crippen molar-refractivity contribution in [2.24, 2.45) is 0 Å². The molecule has 2 rings (SSSR count). The summed E-state index contributed by atoms with van der Waals surface area (Å²) in [6.45, 7) is 3.99. The third-order valence-corrected chi connectivity index (χ3v) is 3.34. The van der Waals surface area contributed by atoms with Crippen molar-refractivity contribution < 1.29 is 9.18 Å². The summed E-state index contributed by atoms with van der Waals surface area (Å²) in [5.41, 5.74) is 1.75. The quantitative estimate of drug-likeness (QED) is 0.806. The average Bonchev–Trinajstić information content (AvgIpc) is 2.46. The second kappa shape index (κ2) is 7.02. The van der Waals surface area contributed by atoms with Crippen LogP contribution in [0.2, 0.25) is 0 Å². The Hall–Kier alpha value is -2.16. The molecule has 0 radical (unpaired) electrons. The number of carbonyl (C=O) groups excluding carboxylic acids is 1. The zero-order chi connectivity index (χ0) is 15.2. The molecule has 21 heavy (non-hydrogen) atoms. The molecule has 0 fully saturated rings. The minimum atomic E-state index is -0.260. The average molecular weight is 285 g/mol. The highest BCUT2D eigenvalue weighted by atomic mass is 19.1. The van der Waals surface area contributed by atoms with E-state index in [0.717, 1.165) is 11.3 Å². The molecule has 0 aromatic heterocycles. The summed E-state index contributed by atoms with van der Waals surface area (Å²) >= 11 is 0. The number of anilines is 1. The number of halogens is 1. The third kappa shape index (κ3) is 4.15. The summed E-state index contributed by atoms with van der Waals surface area (Å²) in [6, 6.07) is 16.1. The molecule has 1 amide bonds. The van der Waals surface area contributed by atoms with E-state index in [-0.39, 0.29) is 17.8 Å². The van der Waals surface area contributed by atoms with Gasteiger partial charge in [-0.05, 0) is 50.1 Å². The van der Waals surface area contributed by atoms with E-state index < -0.39 is 0 Å². The molecule has 0 N–H and O–H groups in total. The van der Waals surface area contributed by atoms with Crippen molar-refractivity contribution in [1.82, 2.24) is 0 Å². The molecule has 0 spiro atoms. The maximum Gasteiger partial charge on any atom is 0.227 e. The van der Waals surface area contributed by atoms with Crippen molar-refractivity contribution in [3.05, 3.63) is 66.0 Å². The highest BCUT2D eigenvalue weighted by Gasteiger charge is 2.18. The Kier molecular flexibility index (Phi) is 5.09. The van der Waals surface area contributed by atoms with Crippen LogP contribution in [-0.2, 0) is 11.2 Å². The zero-order valence-corrected chi connectivity index (χ0v) is 12.4. The summed E-state index contributed by atoms with van der Waals surface area (Å²) < 4.78 is 13.1. The van der Waals surface area contributed by atoms with Crippen LogP contribution in [0.15, 0.2) is 54.6 Å². The van der Waals surface area contributed by atoms with E-state index in [0.29, 0.717) is 12.8 Å². The van der Waals surface area contributed by atoms with Gasteiger partial charge in [0.25, 0.3) is 0 Å². The van der Waals surface area contributed by atoms with Crippen LogP contribution in [0, 0.1) is 5.82 Å². The van der Waals surface area contributed by atoms with Gasteiger partial charge in [0.05, 0.1) is 0 Å². The van der Waals surface area contributed by atoms with Gasteiger partial charge >= 0.3 is 0 Å². The topological polar surface area (TPSA) is 20.3 Å². The first-order valence-electron chi connectivity index (χ1n) is 7.19. The molecule has 2 aromatic carbocycles. The number of para-hydroxylation sites is 1. The SMILES string of the molecule is CC(C)N(C(=O)CCc1cccc(F)c1)c1ccccc1. The normalized spacial score (nSPS) is 10.7. The highest BCUT2D eigenvalue weighted by molar-refractivity contribution is 5.93. The lowest BCUT2D eigenvalue weighted by molar-refractivity contribution is -0.118. The third-order valence-electron chi connectivity index (χ3n) is 3.34. The summed E-state index contributed by atoms with van der Waals surface area (Å²) in [7, 11) is 0. The molecule has 2 aromatic rings. The van der Waals surface area contributed by atoms with Crippen LogP contribution in [0.1, 0.15) is 25.8 Å². The molecule has 0 heterocycles. The van der Waals surface area contributed by atoms with Gasteiger partial charge in [-0.15, -0.1) is 0 Å². The van der Waals surface area contributed by atoms with Gasteiger partial charge in [-0.1, -0.05) is 30.3 Å². The largest absolute Gasteiger partial charge is 0.310 e. The number of hydrogen-bond acceptors (Lipinski definition) is 1. The summed E-state index contributed by atoms with van der Waals surface area (Å²) in [6.07, 6.45) is 0.920. The Bertz CT molecular complexity index is 595. The van der Waals surface area contributed by atoms with Crippen LogP contribution >= 0.6 is 0 Å². The first-order chi connectivity index (χ1) is 10.1. The summed E-state index contributed by atoms with van der Waals surface area (Å²) in [5, 5.41) is 0. The standard InChI is InChI=1S/C18H20FNO/c1-14(2)20(17-9-4-3-5-10-17)18(21)12-11-15-7-6-8-16(19)13-15/h3-10,13-14H,11-12H2,1-2H3. The van der Waals surface area contributed by atoms with Gasteiger partial charge in [-0.3, -0.25) is 4.79 Å². The molecular formula is C18H20FNO. The van der Waals surface area contributed by atoms with Crippen LogP contribution < -0.4 is 4.90 Å². The van der Waals surface area contributed by atoms with Gasteiger partial charge in [0.2, 0.25) is 5.91 Å². The van der Waals surface area contributed by atoms with Crippen LogP contribution in [-0.4, -0.2) is 11.9 Å². The number of aryl methyl sites for hydroxylation is 1. The zero-order valence-electron chi connectivity index (χ0n) is 12.4. The van der Waals surface area contributed by atoms with E-state index in [1.807, 2.05) is 50.2 Å².